The minimum absolute atomic E-state index is 0.0187. The van der Waals surface area contributed by atoms with E-state index in [1.54, 1.807) is 0 Å². The number of esters is 1. The molecule has 0 aromatic heterocycles. The van der Waals surface area contributed by atoms with Crippen molar-refractivity contribution in [2.24, 2.45) is 0 Å². The van der Waals surface area contributed by atoms with Crippen LogP contribution in [-0.4, -0.2) is 12.6 Å². The summed E-state index contributed by atoms with van der Waals surface area (Å²) in [6.07, 6.45) is 13.1. The highest BCUT2D eigenvalue weighted by Gasteiger charge is 2.01. The number of hydrogen-bond donors (Lipinski definition) is 0. The maximum atomic E-state index is 11.2. The van der Waals surface area contributed by atoms with E-state index >= 15 is 0 Å². The first-order valence-corrected chi connectivity index (χ1v) is 7.46. The topological polar surface area (TPSA) is 26.3 Å². The van der Waals surface area contributed by atoms with Crippen LogP contribution in [0, 0.1) is 0 Å². The molecule has 0 saturated heterocycles. The van der Waals surface area contributed by atoms with Gasteiger partial charge in [-0.2, -0.15) is 0 Å². The predicted octanol–water partition coefficient (Wildman–Crippen LogP) is 4.86. The van der Waals surface area contributed by atoms with Crippen LogP contribution in [-0.2, 0) is 9.53 Å². The summed E-state index contributed by atoms with van der Waals surface area (Å²) in [6.45, 7) is 4.85. The number of rotatable bonds is 12. The first-order chi connectivity index (χ1) is 8.31. The second kappa shape index (κ2) is 13.5. The van der Waals surface area contributed by atoms with Gasteiger partial charge in [-0.3, -0.25) is 4.79 Å². The first kappa shape index (κ1) is 16.5. The molecule has 102 valence electrons. The van der Waals surface area contributed by atoms with Gasteiger partial charge in [-0.1, -0.05) is 65.2 Å². The quantitative estimate of drug-likeness (QED) is 0.361. The average molecular weight is 242 g/mol. The number of hydrogen-bond acceptors (Lipinski definition) is 2. The SMILES string of the molecule is CCCCCCCCCCCC(=O)OCCC. The molecule has 0 aliphatic rings. The zero-order valence-corrected chi connectivity index (χ0v) is 11.8. The molecular weight excluding hydrogens is 212 g/mol. The van der Waals surface area contributed by atoms with Gasteiger partial charge in [-0.05, 0) is 12.8 Å². The number of carbonyl (C=O) groups excluding carboxylic acids is 1. The summed E-state index contributed by atoms with van der Waals surface area (Å²) in [5, 5.41) is 0. The average Bonchev–Trinajstić information content (AvgIpc) is 2.34. The predicted molar refractivity (Wildman–Crippen MR) is 73.1 cm³/mol. The molecule has 0 unspecified atom stereocenters. The van der Waals surface area contributed by atoms with E-state index in [4.69, 9.17) is 4.74 Å². The smallest absolute Gasteiger partial charge is 0.305 e. The van der Waals surface area contributed by atoms with Gasteiger partial charge in [0.2, 0.25) is 0 Å². The fourth-order valence-corrected chi connectivity index (χ4v) is 1.87. The minimum atomic E-state index is -0.0187. The normalized spacial score (nSPS) is 10.5. The monoisotopic (exact) mass is 242 g/mol. The second-order valence-electron chi connectivity index (χ2n) is 4.80. The highest BCUT2D eigenvalue weighted by Crippen LogP contribution is 2.10. The van der Waals surface area contributed by atoms with Crippen LogP contribution in [0.1, 0.15) is 84.5 Å². The molecule has 0 N–H and O–H groups in total. The van der Waals surface area contributed by atoms with Gasteiger partial charge in [0.05, 0.1) is 6.61 Å². The number of carbonyl (C=O) groups is 1. The van der Waals surface area contributed by atoms with Crippen molar-refractivity contribution < 1.29 is 9.53 Å². The van der Waals surface area contributed by atoms with Gasteiger partial charge < -0.3 is 4.74 Å². The fourth-order valence-electron chi connectivity index (χ4n) is 1.87. The maximum Gasteiger partial charge on any atom is 0.305 e. The van der Waals surface area contributed by atoms with Gasteiger partial charge >= 0.3 is 5.97 Å². The van der Waals surface area contributed by atoms with Crippen molar-refractivity contribution in [2.75, 3.05) is 6.61 Å². The molecule has 0 heterocycles. The van der Waals surface area contributed by atoms with Crippen molar-refractivity contribution in [3.8, 4) is 0 Å². The van der Waals surface area contributed by atoms with E-state index in [0.29, 0.717) is 13.0 Å². The third-order valence-corrected chi connectivity index (χ3v) is 2.95. The van der Waals surface area contributed by atoms with Crippen LogP contribution in [0.2, 0.25) is 0 Å². The lowest BCUT2D eigenvalue weighted by molar-refractivity contribution is -0.143. The Kier molecular flexibility index (Phi) is 13.1. The standard InChI is InChI=1S/C15H30O2/c1-3-5-6-7-8-9-10-11-12-13-15(16)17-14-4-2/h3-14H2,1-2H3. The van der Waals surface area contributed by atoms with Gasteiger partial charge in [-0.15, -0.1) is 0 Å². The summed E-state index contributed by atoms with van der Waals surface area (Å²) in [5.74, 6) is -0.0187. The summed E-state index contributed by atoms with van der Waals surface area (Å²) in [5.41, 5.74) is 0. The van der Waals surface area contributed by atoms with Gasteiger partial charge in [-0.25, -0.2) is 0 Å². The number of unbranched alkanes of at least 4 members (excludes halogenated alkanes) is 8. The van der Waals surface area contributed by atoms with E-state index in [0.717, 1.165) is 12.8 Å². The summed E-state index contributed by atoms with van der Waals surface area (Å²) in [6, 6.07) is 0. The van der Waals surface area contributed by atoms with Crippen LogP contribution in [0.15, 0.2) is 0 Å². The highest BCUT2D eigenvalue weighted by molar-refractivity contribution is 5.69. The maximum absolute atomic E-state index is 11.2. The zero-order chi connectivity index (χ0) is 12.8. The van der Waals surface area contributed by atoms with Crippen LogP contribution in [0.5, 0.6) is 0 Å². The van der Waals surface area contributed by atoms with Crippen LogP contribution >= 0.6 is 0 Å². The molecule has 0 spiro atoms. The van der Waals surface area contributed by atoms with Crippen molar-refractivity contribution in [3.05, 3.63) is 0 Å². The molecule has 2 nitrogen and oxygen atoms in total. The van der Waals surface area contributed by atoms with Crippen molar-refractivity contribution in [2.45, 2.75) is 84.5 Å². The molecule has 17 heavy (non-hydrogen) atoms. The summed E-state index contributed by atoms with van der Waals surface area (Å²) in [7, 11) is 0. The molecule has 0 rings (SSSR count). The summed E-state index contributed by atoms with van der Waals surface area (Å²) < 4.78 is 5.02. The van der Waals surface area contributed by atoms with Crippen LogP contribution in [0.25, 0.3) is 0 Å². The van der Waals surface area contributed by atoms with Crippen molar-refractivity contribution >= 4 is 5.97 Å². The van der Waals surface area contributed by atoms with Crippen molar-refractivity contribution in [3.63, 3.8) is 0 Å². The lowest BCUT2D eigenvalue weighted by Crippen LogP contribution is -2.04. The molecule has 0 atom stereocenters. The third-order valence-electron chi connectivity index (χ3n) is 2.95. The van der Waals surface area contributed by atoms with Gasteiger partial charge in [0.1, 0.15) is 0 Å². The summed E-state index contributed by atoms with van der Waals surface area (Å²) >= 11 is 0. The lowest BCUT2D eigenvalue weighted by Gasteiger charge is -2.03. The van der Waals surface area contributed by atoms with E-state index in [1.165, 1.54) is 51.4 Å². The van der Waals surface area contributed by atoms with Gasteiger partial charge in [0, 0.05) is 6.42 Å². The Morgan fingerprint density at radius 2 is 1.29 bits per heavy atom. The van der Waals surface area contributed by atoms with Crippen molar-refractivity contribution in [1.29, 1.82) is 0 Å². The van der Waals surface area contributed by atoms with E-state index < -0.39 is 0 Å². The molecule has 0 saturated carbocycles. The van der Waals surface area contributed by atoms with Crippen LogP contribution in [0.3, 0.4) is 0 Å². The molecule has 0 amide bonds. The molecule has 2 heteroatoms. The highest BCUT2D eigenvalue weighted by atomic mass is 16.5. The second-order valence-corrected chi connectivity index (χ2v) is 4.80. The lowest BCUT2D eigenvalue weighted by atomic mass is 10.1. The Hall–Kier alpha value is -0.530. The molecule has 0 aromatic rings. The first-order valence-electron chi connectivity index (χ1n) is 7.46. The van der Waals surface area contributed by atoms with E-state index in [1.807, 2.05) is 6.92 Å². The molecule has 0 aliphatic carbocycles. The van der Waals surface area contributed by atoms with E-state index in [2.05, 4.69) is 6.92 Å². The number of ether oxygens (including phenoxy) is 1. The van der Waals surface area contributed by atoms with E-state index in [-0.39, 0.29) is 5.97 Å². The van der Waals surface area contributed by atoms with Crippen molar-refractivity contribution in [1.82, 2.24) is 0 Å². The Morgan fingerprint density at radius 1 is 0.765 bits per heavy atom. The van der Waals surface area contributed by atoms with Gasteiger partial charge in [0.15, 0.2) is 0 Å². The Bertz CT molecular complexity index is 166. The molecule has 0 aromatic carbocycles. The Labute approximate surface area is 107 Å². The molecule has 0 aliphatic heterocycles. The fraction of sp³-hybridized carbons (Fsp3) is 0.933. The van der Waals surface area contributed by atoms with E-state index in [9.17, 15) is 4.79 Å². The molecule has 0 bridgehead atoms. The van der Waals surface area contributed by atoms with Gasteiger partial charge in [0.25, 0.3) is 0 Å². The minimum Gasteiger partial charge on any atom is -0.466 e. The molecule has 0 fully saturated rings. The third kappa shape index (κ3) is 13.4. The summed E-state index contributed by atoms with van der Waals surface area (Å²) in [4.78, 5) is 11.2. The molecule has 0 radical (unpaired) electrons. The Morgan fingerprint density at radius 3 is 1.82 bits per heavy atom. The largest absolute Gasteiger partial charge is 0.466 e. The van der Waals surface area contributed by atoms with Crippen LogP contribution in [0.4, 0.5) is 0 Å². The van der Waals surface area contributed by atoms with Crippen LogP contribution < -0.4 is 0 Å². The zero-order valence-electron chi connectivity index (χ0n) is 11.8. The Balaban J connectivity index is 3.05. The molecular formula is C15H30O2.